The normalized spacial score (nSPS) is 15.1. The predicted molar refractivity (Wildman–Crippen MR) is 107 cm³/mol. The molecule has 0 aliphatic carbocycles. The first-order chi connectivity index (χ1) is 12.8. The summed E-state index contributed by atoms with van der Waals surface area (Å²) in [6, 6.07) is 8.39. The van der Waals surface area contributed by atoms with Crippen LogP contribution in [0, 0.1) is 0 Å². The summed E-state index contributed by atoms with van der Waals surface area (Å²) in [7, 11) is 0. The molecule has 2 heterocycles. The van der Waals surface area contributed by atoms with Crippen LogP contribution in [0.1, 0.15) is 49.4 Å². The zero-order valence-corrected chi connectivity index (χ0v) is 16.6. The highest BCUT2D eigenvalue weighted by atomic mass is 16.2. The van der Waals surface area contributed by atoms with Crippen LogP contribution in [0.4, 0.5) is 5.69 Å². The van der Waals surface area contributed by atoms with E-state index in [1.54, 1.807) is 4.90 Å². The van der Waals surface area contributed by atoms with E-state index in [1.165, 1.54) is 17.4 Å². The third-order valence-electron chi connectivity index (χ3n) is 5.02. The fourth-order valence-electron chi connectivity index (χ4n) is 3.37. The second kappa shape index (κ2) is 7.55. The van der Waals surface area contributed by atoms with E-state index < -0.39 is 0 Å². The number of carbonyl (C=O) groups excluding carboxylic acids is 1. The van der Waals surface area contributed by atoms with Crippen LogP contribution in [0.25, 0.3) is 0 Å². The molecule has 1 N–H and O–H groups in total. The summed E-state index contributed by atoms with van der Waals surface area (Å²) in [6.07, 6.45) is 2.40. The van der Waals surface area contributed by atoms with Crippen LogP contribution in [0.3, 0.4) is 0 Å². The number of nitrogens with zero attached hydrogens (tertiary/aromatic N) is 3. The number of H-pyrrole nitrogens is 1. The van der Waals surface area contributed by atoms with Crippen molar-refractivity contribution in [1.82, 2.24) is 14.9 Å². The van der Waals surface area contributed by atoms with Gasteiger partial charge in [0.2, 0.25) is 0 Å². The Morgan fingerprint density at radius 1 is 1.15 bits per heavy atom. The second-order valence-electron chi connectivity index (χ2n) is 7.99. The largest absolute Gasteiger partial charge is 0.368 e. The van der Waals surface area contributed by atoms with Gasteiger partial charge in [0.1, 0.15) is 11.4 Å². The molecule has 0 bridgehead atoms. The van der Waals surface area contributed by atoms with Crippen LogP contribution in [-0.4, -0.2) is 47.0 Å². The molecule has 0 spiro atoms. The minimum atomic E-state index is -0.362. The number of nitrogens with one attached hydrogen (secondary N) is 1. The van der Waals surface area contributed by atoms with E-state index in [0.29, 0.717) is 18.9 Å². The molecule has 1 aliphatic rings. The van der Waals surface area contributed by atoms with Gasteiger partial charge in [-0.3, -0.25) is 9.59 Å². The van der Waals surface area contributed by atoms with Crippen molar-refractivity contribution in [2.75, 3.05) is 31.1 Å². The van der Waals surface area contributed by atoms with Gasteiger partial charge in [-0.1, -0.05) is 45.9 Å². The van der Waals surface area contributed by atoms with E-state index in [-0.39, 0.29) is 22.4 Å². The van der Waals surface area contributed by atoms with E-state index in [0.717, 1.165) is 19.5 Å². The summed E-state index contributed by atoms with van der Waals surface area (Å²) >= 11 is 0. The number of piperazine rings is 1. The van der Waals surface area contributed by atoms with E-state index in [2.05, 4.69) is 40.0 Å². The highest BCUT2D eigenvalue weighted by Gasteiger charge is 2.26. The molecule has 0 radical (unpaired) electrons. The quantitative estimate of drug-likeness (QED) is 0.904. The van der Waals surface area contributed by atoms with Crippen molar-refractivity contribution < 1.29 is 4.79 Å². The van der Waals surface area contributed by atoms with Crippen LogP contribution in [0.2, 0.25) is 0 Å². The average Bonchev–Trinajstić information content (AvgIpc) is 2.67. The van der Waals surface area contributed by atoms with Crippen molar-refractivity contribution in [3.63, 3.8) is 0 Å². The van der Waals surface area contributed by atoms with Gasteiger partial charge in [-0.2, -0.15) is 0 Å². The number of aromatic amines is 1. The van der Waals surface area contributed by atoms with Crippen molar-refractivity contribution >= 4 is 11.6 Å². The number of aryl methyl sites for hydroxylation is 1. The molecule has 144 valence electrons. The third-order valence-corrected chi connectivity index (χ3v) is 5.02. The lowest BCUT2D eigenvalue weighted by atomic mass is 9.96. The maximum atomic E-state index is 12.8. The van der Waals surface area contributed by atoms with Crippen LogP contribution < -0.4 is 10.5 Å². The fourth-order valence-corrected chi connectivity index (χ4v) is 3.37. The Morgan fingerprint density at radius 3 is 2.41 bits per heavy atom. The van der Waals surface area contributed by atoms with E-state index >= 15 is 0 Å². The Bertz CT molecular complexity index is 874. The van der Waals surface area contributed by atoms with Gasteiger partial charge in [0.05, 0.1) is 0 Å². The summed E-state index contributed by atoms with van der Waals surface area (Å²) in [5, 5.41) is 0. The summed E-state index contributed by atoms with van der Waals surface area (Å²) < 4.78 is 0. The van der Waals surface area contributed by atoms with Gasteiger partial charge < -0.3 is 14.8 Å². The van der Waals surface area contributed by atoms with Crippen LogP contribution in [0.5, 0.6) is 0 Å². The lowest BCUT2D eigenvalue weighted by molar-refractivity contribution is 0.0744. The summed E-state index contributed by atoms with van der Waals surface area (Å²) in [5.74, 6) is 0.345. The highest BCUT2D eigenvalue weighted by Crippen LogP contribution is 2.22. The molecule has 0 atom stereocenters. The van der Waals surface area contributed by atoms with E-state index in [4.69, 9.17) is 0 Å². The van der Waals surface area contributed by atoms with Gasteiger partial charge in [0, 0.05) is 43.5 Å². The van der Waals surface area contributed by atoms with Gasteiger partial charge in [0.25, 0.3) is 11.5 Å². The zero-order chi connectivity index (χ0) is 19.6. The first kappa shape index (κ1) is 19.1. The Kier molecular flexibility index (Phi) is 5.35. The standard InChI is InChI=1S/C21H28N4O2/c1-5-15-8-6-7-9-17(15)24-10-12-25(13-11-24)19(27)16-14-22-20(21(2,3)4)23-18(16)26/h6-9,14H,5,10-13H2,1-4H3,(H,22,23,26). The Hall–Kier alpha value is -2.63. The molecule has 1 saturated heterocycles. The number of anilines is 1. The van der Waals surface area contributed by atoms with Crippen molar-refractivity contribution in [3.05, 3.63) is 57.8 Å². The molecule has 27 heavy (non-hydrogen) atoms. The van der Waals surface area contributed by atoms with E-state index in [9.17, 15) is 9.59 Å². The van der Waals surface area contributed by atoms with Gasteiger partial charge in [-0.25, -0.2) is 4.98 Å². The van der Waals surface area contributed by atoms with Gasteiger partial charge in [-0.15, -0.1) is 0 Å². The highest BCUT2D eigenvalue weighted by molar-refractivity contribution is 5.93. The number of amides is 1. The monoisotopic (exact) mass is 368 g/mol. The molecular weight excluding hydrogens is 340 g/mol. The number of rotatable bonds is 3. The summed E-state index contributed by atoms with van der Waals surface area (Å²) in [5.41, 5.74) is 2.04. The van der Waals surface area contributed by atoms with Crippen molar-refractivity contribution in [3.8, 4) is 0 Å². The first-order valence-electron chi connectivity index (χ1n) is 9.53. The fraction of sp³-hybridized carbons (Fsp3) is 0.476. The van der Waals surface area contributed by atoms with Gasteiger partial charge >= 0.3 is 0 Å². The number of carbonyl (C=O) groups is 1. The molecule has 1 amide bonds. The molecule has 0 saturated carbocycles. The number of aromatic nitrogens is 2. The molecule has 1 aromatic carbocycles. The molecule has 6 nitrogen and oxygen atoms in total. The summed E-state index contributed by atoms with van der Waals surface area (Å²) in [6.45, 7) is 10.8. The average molecular weight is 368 g/mol. The second-order valence-corrected chi connectivity index (χ2v) is 7.99. The molecule has 1 aromatic heterocycles. The number of hydrogen-bond donors (Lipinski definition) is 1. The smallest absolute Gasteiger partial charge is 0.263 e. The van der Waals surface area contributed by atoms with Crippen molar-refractivity contribution in [1.29, 1.82) is 0 Å². The number of benzene rings is 1. The van der Waals surface area contributed by atoms with Gasteiger partial charge in [-0.05, 0) is 18.1 Å². The Morgan fingerprint density at radius 2 is 1.81 bits per heavy atom. The molecule has 0 unspecified atom stereocenters. The SMILES string of the molecule is CCc1ccccc1N1CCN(C(=O)c2cnc(C(C)(C)C)[nH]c2=O)CC1. The lowest BCUT2D eigenvalue weighted by Crippen LogP contribution is -2.50. The van der Waals surface area contributed by atoms with Crippen molar-refractivity contribution in [2.24, 2.45) is 0 Å². The third kappa shape index (κ3) is 4.04. The molecule has 1 aliphatic heterocycles. The topological polar surface area (TPSA) is 69.3 Å². The maximum Gasteiger partial charge on any atom is 0.263 e. The number of para-hydroxylation sites is 1. The zero-order valence-electron chi connectivity index (χ0n) is 16.6. The minimum Gasteiger partial charge on any atom is -0.368 e. The van der Waals surface area contributed by atoms with Crippen LogP contribution in [0.15, 0.2) is 35.3 Å². The molecule has 3 rings (SSSR count). The Balaban J connectivity index is 1.71. The maximum absolute atomic E-state index is 12.8. The molecule has 1 fully saturated rings. The first-order valence-corrected chi connectivity index (χ1v) is 9.53. The summed E-state index contributed by atoms with van der Waals surface area (Å²) in [4.78, 5) is 36.3. The van der Waals surface area contributed by atoms with Crippen LogP contribution in [-0.2, 0) is 11.8 Å². The molecule has 2 aromatic rings. The molecular formula is C21H28N4O2. The minimum absolute atomic E-state index is 0.116. The lowest BCUT2D eigenvalue weighted by Gasteiger charge is -2.37. The van der Waals surface area contributed by atoms with Crippen LogP contribution >= 0.6 is 0 Å². The molecule has 6 heteroatoms. The predicted octanol–water partition coefficient (Wildman–Crippen LogP) is 2.59. The van der Waals surface area contributed by atoms with E-state index in [1.807, 2.05) is 26.8 Å². The van der Waals surface area contributed by atoms with Crippen molar-refractivity contribution in [2.45, 2.75) is 39.5 Å². The Labute approximate surface area is 160 Å². The van der Waals surface area contributed by atoms with Gasteiger partial charge in [0.15, 0.2) is 0 Å². The number of hydrogen-bond acceptors (Lipinski definition) is 4.